The molecule has 0 atom stereocenters. The van der Waals surface area contributed by atoms with E-state index < -0.39 is 11.7 Å². The number of hydrogen-bond donors (Lipinski definition) is 2. The first-order chi connectivity index (χ1) is 12.1. The van der Waals surface area contributed by atoms with Gasteiger partial charge in [0.25, 0.3) is 5.91 Å². The fourth-order valence-corrected chi connectivity index (χ4v) is 3.16. The zero-order valence-electron chi connectivity index (χ0n) is 13.9. The first kappa shape index (κ1) is 17.1. The Morgan fingerprint density at radius 2 is 1.64 bits per heavy atom. The van der Waals surface area contributed by atoms with Crippen LogP contribution in [-0.4, -0.2) is 24.9 Å². The Kier molecular flexibility index (Phi) is 5.12. The van der Waals surface area contributed by atoms with Gasteiger partial charge in [0.2, 0.25) is 5.91 Å². The maximum absolute atomic E-state index is 12.9. The molecule has 0 saturated heterocycles. The van der Waals surface area contributed by atoms with E-state index in [1.165, 1.54) is 29.8 Å². The maximum atomic E-state index is 12.9. The van der Waals surface area contributed by atoms with Crippen LogP contribution in [0.25, 0.3) is 0 Å². The summed E-state index contributed by atoms with van der Waals surface area (Å²) in [5.74, 6) is -1.02. The molecule has 0 unspecified atom stereocenters. The lowest BCUT2D eigenvalue weighted by molar-refractivity contribution is -0.120. The van der Waals surface area contributed by atoms with Crippen LogP contribution in [0.2, 0.25) is 0 Å². The smallest absolute Gasteiger partial charge is 0.251 e. The molecule has 0 radical (unpaired) electrons. The van der Waals surface area contributed by atoms with E-state index in [0.29, 0.717) is 12.1 Å². The van der Waals surface area contributed by atoms with Gasteiger partial charge in [-0.05, 0) is 42.7 Å². The van der Waals surface area contributed by atoms with Gasteiger partial charge in [-0.1, -0.05) is 36.8 Å². The second kappa shape index (κ2) is 7.47. The molecule has 4 nitrogen and oxygen atoms in total. The first-order valence-electron chi connectivity index (χ1n) is 8.45. The Labute approximate surface area is 146 Å². The molecule has 0 bridgehead atoms. The van der Waals surface area contributed by atoms with E-state index in [0.717, 1.165) is 19.3 Å². The van der Waals surface area contributed by atoms with Crippen LogP contribution in [0.4, 0.5) is 4.39 Å². The van der Waals surface area contributed by atoms with Gasteiger partial charge in [-0.25, -0.2) is 4.39 Å². The normalized spacial score (nSPS) is 15.1. The average Bonchev–Trinajstić information content (AvgIpc) is 2.60. The maximum Gasteiger partial charge on any atom is 0.251 e. The molecule has 2 N–H and O–H groups in total. The van der Waals surface area contributed by atoms with Gasteiger partial charge in [-0.3, -0.25) is 9.59 Å². The highest BCUT2D eigenvalue weighted by atomic mass is 19.1. The third-order valence-corrected chi connectivity index (χ3v) is 4.84. The summed E-state index contributed by atoms with van der Waals surface area (Å²) in [5.41, 5.74) is 1.59. The molecule has 0 heterocycles. The average molecular weight is 340 g/mol. The molecule has 130 valence electrons. The second-order valence-corrected chi connectivity index (χ2v) is 6.47. The van der Waals surface area contributed by atoms with E-state index in [4.69, 9.17) is 0 Å². The first-order valence-corrected chi connectivity index (χ1v) is 8.45. The van der Waals surface area contributed by atoms with Crippen molar-refractivity contribution in [3.05, 3.63) is 71.5 Å². The number of amides is 2. The fourth-order valence-electron chi connectivity index (χ4n) is 3.16. The predicted octanol–water partition coefficient (Wildman–Crippen LogP) is 2.79. The topological polar surface area (TPSA) is 58.2 Å². The summed E-state index contributed by atoms with van der Waals surface area (Å²) in [7, 11) is 0. The molecule has 1 saturated carbocycles. The van der Waals surface area contributed by atoms with Crippen molar-refractivity contribution >= 4 is 11.8 Å². The zero-order valence-corrected chi connectivity index (χ0v) is 13.9. The Bertz CT molecular complexity index is 740. The fraction of sp³-hybridized carbons (Fsp3) is 0.300. The highest BCUT2D eigenvalue weighted by Crippen LogP contribution is 2.43. The van der Waals surface area contributed by atoms with Crippen LogP contribution >= 0.6 is 0 Å². The van der Waals surface area contributed by atoms with Gasteiger partial charge < -0.3 is 10.6 Å². The highest BCUT2D eigenvalue weighted by Gasteiger charge is 2.38. The van der Waals surface area contributed by atoms with Crippen LogP contribution in [0.3, 0.4) is 0 Å². The molecule has 3 rings (SSSR count). The van der Waals surface area contributed by atoms with Crippen molar-refractivity contribution in [1.82, 2.24) is 10.6 Å². The number of rotatable bonds is 6. The molecule has 25 heavy (non-hydrogen) atoms. The molecular weight excluding hydrogens is 319 g/mol. The molecule has 1 fully saturated rings. The van der Waals surface area contributed by atoms with Gasteiger partial charge in [0.15, 0.2) is 0 Å². The van der Waals surface area contributed by atoms with Gasteiger partial charge in [0.1, 0.15) is 5.82 Å². The lowest BCUT2D eigenvalue weighted by Crippen LogP contribution is -2.47. The summed E-state index contributed by atoms with van der Waals surface area (Å²) in [6.45, 7) is 0.476. The molecule has 1 aliphatic rings. The van der Waals surface area contributed by atoms with Crippen molar-refractivity contribution in [2.24, 2.45) is 0 Å². The van der Waals surface area contributed by atoms with Crippen molar-refractivity contribution in [3.63, 3.8) is 0 Å². The molecule has 0 aliphatic heterocycles. The van der Waals surface area contributed by atoms with Crippen molar-refractivity contribution in [2.45, 2.75) is 24.7 Å². The summed E-state index contributed by atoms with van der Waals surface area (Å²) >= 11 is 0. The predicted molar refractivity (Wildman–Crippen MR) is 93.7 cm³/mol. The van der Waals surface area contributed by atoms with E-state index in [2.05, 4.69) is 22.8 Å². The molecule has 2 amide bonds. The van der Waals surface area contributed by atoms with Crippen LogP contribution in [-0.2, 0) is 10.2 Å². The number of benzene rings is 2. The van der Waals surface area contributed by atoms with E-state index in [9.17, 15) is 14.0 Å². The van der Waals surface area contributed by atoms with Crippen molar-refractivity contribution < 1.29 is 14.0 Å². The third-order valence-electron chi connectivity index (χ3n) is 4.84. The summed E-state index contributed by atoms with van der Waals surface area (Å²) in [4.78, 5) is 24.0. The second-order valence-electron chi connectivity index (χ2n) is 6.47. The third kappa shape index (κ3) is 4.05. The van der Waals surface area contributed by atoms with Crippen molar-refractivity contribution in [3.8, 4) is 0 Å². The molecular formula is C20H21FN2O2. The Morgan fingerprint density at radius 1 is 0.960 bits per heavy atom. The summed E-state index contributed by atoms with van der Waals surface area (Å²) < 4.78 is 12.9. The minimum absolute atomic E-state index is 0.0118. The molecule has 0 spiro atoms. The van der Waals surface area contributed by atoms with Gasteiger partial charge in [-0.2, -0.15) is 0 Å². The van der Waals surface area contributed by atoms with E-state index >= 15 is 0 Å². The lowest BCUT2D eigenvalue weighted by atomic mass is 9.64. The number of hydrogen-bond acceptors (Lipinski definition) is 2. The van der Waals surface area contributed by atoms with Gasteiger partial charge in [0.05, 0.1) is 6.54 Å². The number of carbonyl (C=O) groups excluding carboxylic acids is 2. The van der Waals surface area contributed by atoms with Crippen LogP contribution in [0.1, 0.15) is 35.2 Å². The Balaban J connectivity index is 1.49. The van der Waals surface area contributed by atoms with Gasteiger partial charge >= 0.3 is 0 Å². The van der Waals surface area contributed by atoms with E-state index in [1.54, 1.807) is 0 Å². The molecule has 2 aromatic carbocycles. The summed E-state index contributed by atoms with van der Waals surface area (Å²) in [6.07, 6.45) is 3.27. The van der Waals surface area contributed by atoms with Crippen molar-refractivity contribution in [2.75, 3.05) is 13.1 Å². The standard InChI is InChI=1S/C20H21FN2O2/c21-17-9-7-15(8-10-17)19(25)22-13-18(24)23-14-20(11-4-12-20)16-5-2-1-3-6-16/h1-3,5-10H,4,11-14H2,(H,22,25)(H,23,24). The molecule has 5 heteroatoms. The lowest BCUT2D eigenvalue weighted by Gasteiger charge is -2.42. The molecule has 0 aromatic heterocycles. The van der Waals surface area contributed by atoms with Gasteiger partial charge in [0, 0.05) is 17.5 Å². The van der Waals surface area contributed by atoms with Crippen LogP contribution in [0.15, 0.2) is 54.6 Å². The van der Waals surface area contributed by atoms with Crippen LogP contribution < -0.4 is 10.6 Å². The Morgan fingerprint density at radius 3 is 2.24 bits per heavy atom. The number of nitrogens with one attached hydrogen (secondary N) is 2. The summed E-state index contributed by atoms with van der Waals surface area (Å²) in [5, 5.41) is 5.48. The number of halogens is 1. The van der Waals surface area contributed by atoms with Crippen LogP contribution in [0.5, 0.6) is 0 Å². The number of carbonyl (C=O) groups is 2. The van der Waals surface area contributed by atoms with Gasteiger partial charge in [-0.15, -0.1) is 0 Å². The zero-order chi connectivity index (χ0) is 17.7. The molecule has 1 aliphatic carbocycles. The SMILES string of the molecule is O=C(CNC(=O)c1ccc(F)cc1)NCC1(c2ccccc2)CCC1. The van der Waals surface area contributed by atoms with Crippen LogP contribution in [0, 0.1) is 5.82 Å². The highest BCUT2D eigenvalue weighted by molar-refractivity contribution is 5.96. The Hall–Kier alpha value is -2.69. The minimum Gasteiger partial charge on any atom is -0.354 e. The largest absolute Gasteiger partial charge is 0.354 e. The quantitative estimate of drug-likeness (QED) is 0.849. The van der Waals surface area contributed by atoms with E-state index in [1.807, 2.05) is 18.2 Å². The summed E-state index contributed by atoms with van der Waals surface area (Å²) in [6, 6.07) is 15.4. The minimum atomic E-state index is -0.402. The van der Waals surface area contributed by atoms with Crippen molar-refractivity contribution in [1.29, 1.82) is 0 Å². The monoisotopic (exact) mass is 340 g/mol. The van der Waals surface area contributed by atoms with E-state index in [-0.39, 0.29) is 17.9 Å². The molecule has 2 aromatic rings.